The van der Waals surface area contributed by atoms with Gasteiger partial charge in [-0.3, -0.25) is 10.1 Å². The maximum Gasteiger partial charge on any atom is 0.293 e. The molecule has 0 amide bonds. The van der Waals surface area contributed by atoms with Crippen LogP contribution in [0.3, 0.4) is 0 Å². The van der Waals surface area contributed by atoms with E-state index in [0.29, 0.717) is 17.0 Å². The van der Waals surface area contributed by atoms with Crippen LogP contribution in [0.15, 0.2) is 18.2 Å². The molecule has 6 nitrogen and oxygen atoms in total. The van der Waals surface area contributed by atoms with Crippen LogP contribution < -0.4 is 5.32 Å². The summed E-state index contributed by atoms with van der Waals surface area (Å²) < 4.78 is 0. The molecular weight excluding hydrogens is 258 g/mol. The Bertz CT molecular complexity index is 644. The fraction of sp³-hybridized carbons (Fsp3) is 0.429. The van der Waals surface area contributed by atoms with E-state index in [1.54, 1.807) is 0 Å². The second kappa shape index (κ2) is 5.22. The van der Waals surface area contributed by atoms with E-state index in [0.717, 1.165) is 37.0 Å². The van der Waals surface area contributed by atoms with Crippen LogP contribution in [0.4, 0.5) is 5.69 Å². The summed E-state index contributed by atoms with van der Waals surface area (Å²) >= 11 is 0. The molecule has 106 valence electrons. The van der Waals surface area contributed by atoms with Gasteiger partial charge in [-0.1, -0.05) is 0 Å². The molecule has 1 aliphatic heterocycles. The number of aliphatic hydroxyl groups is 1. The molecule has 0 bridgehead atoms. The van der Waals surface area contributed by atoms with Gasteiger partial charge in [0.15, 0.2) is 0 Å². The lowest BCUT2D eigenvalue weighted by atomic mass is 9.95. The SMILES string of the molecule is O=[N+]([O-])c1cc(CO)cc2cc(C3CCNCC3)[nH]c12. The molecule has 2 aromatic rings. The molecule has 3 rings (SSSR count). The summed E-state index contributed by atoms with van der Waals surface area (Å²) in [6, 6.07) is 5.23. The van der Waals surface area contributed by atoms with Gasteiger partial charge in [0.2, 0.25) is 0 Å². The van der Waals surface area contributed by atoms with Crippen molar-refractivity contribution in [3.63, 3.8) is 0 Å². The number of non-ortho nitro benzene ring substituents is 1. The largest absolute Gasteiger partial charge is 0.392 e. The first-order valence-corrected chi connectivity index (χ1v) is 6.80. The first kappa shape index (κ1) is 13.1. The molecule has 20 heavy (non-hydrogen) atoms. The highest BCUT2D eigenvalue weighted by atomic mass is 16.6. The summed E-state index contributed by atoms with van der Waals surface area (Å²) in [5.74, 6) is 0.417. The highest BCUT2D eigenvalue weighted by Gasteiger charge is 2.21. The molecule has 0 atom stereocenters. The maximum absolute atomic E-state index is 11.2. The molecular formula is C14H17N3O3. The fourth-order valence-electron chi connectivity index (χ4n) is 2.90. The van der Waals surface area contributed by atoms with E-state index in [2.05, 4.69) is 10.3 Å². The van der Waals surface area contributed by atoms with Crippen LogP contribution in [0.1, 0.15) is 30.0 Å². The molecule has 0 saturated carbocycles. The Balaban J connectivity index is 2.09. The van der Waals surface area contributed by atoms with Crippen molar-refractivity contribution >= 4 is 16.6 Å². The van der Waals surface area contributed by atoms with Gasteiger partial charge in [-0.05, 0) is 43.6 Å². The van der Waals surface area contributed by atoms with Crippen LogP contribution >= 0.6 is 0 Å². The van der Waals surface area contributed by atoms with E-state index in [-0.39, 0.29) is 12.3 Å². The van der Waals surface area contributed by atoms with Crippen molar-refractivity contribution < 1.29 is 10.0 Å². The van der Waals surface area contributed by atoms with Crippen LogP contribution in [0.5, 0.6) is 0 Å². The number of nitro benzene ring substituents is 1. The molecule has 0 unspecified atom stereocenters. The number of nitrogens with one attached hydrogen (secondary N) is 2. The number of H-pyrrole nitrogens is 1. The van der Waals surface area contributed by atoms with Crippen LogP contribution in [0.2, 0.25) is 0 Å². The normalized spacial score (nSPS) is 16.6. The van der Waals surface area contributed by atoms with Crippen molar-refractivity contribution in [2.45, 2.75) is 25.4 Å². The number of nitro groups is 1. The van der Waals surface area contributed by atoms with Gasteiger partial charge in [0, 0.05) is 23.1 Å². The molecule has 3 N–H and O–H groups in total. The maximum atomic E-state index is 11.2. The average molecular weight is 275 g/mol. The van der Waals surface area contributed by atoms with Gasteiger partial charge in [-0.25, -0.2) is 0 Å². The predicted octanol–water partition coefficient (Wildman–Crippen LogP) is 2.04. The van der Waals surface area contributed by atoms with Crippen LogP contribution in [0, 0.1) is 10.1 Å². The van der Waals surface area contributed by atoms with Crippen molar-refractivity contribution in [1.82, 2.24) is 10.3 Å². The van der Waals surface area contributed by atoms with E-state index in [4.69, 9.17) is 0 Å². The van der Waals surface area contributed by atoms with Crippen molar-refractivity contribution in [2.24, 2.45) is 0 Å². The zero-order valence-corrected chi connectivity index (χ0v) is 11.1. The Morgan fingerprint density at radius 2 is 2.05 bits per heavy atom. The monoisotopic (exact) mass is 275 g/mol. The molecule has 6 heteroatoms. The number of benzene rings is 1. The van der Waals surface area contributed by atoms with Crippen LogP contribution in [0.25, 0.3) is 10.9 Å². The number of aromatic amines is 1. The van der Waals surface area contributed by atoms with E-state index < -0.39 is 4.92 Å². The van der Waals surface area contributed by atoms with Gasteiger partial charge >= 0.3 is 0 Å². The van der Waals surface area contributed by atoms with Crippen molar-refractivity contribution in [1.29, 1.82) is 0 Å². The van der Waals surface area contributed by atoms with Crippen molar-refractivity contribution in [3.8, 4) is 0 Å². The number of nitrogens with zero attached hydrogens (tertiary/aromatic N) is 1. The number of piperidine rings is 1. The summed E-state index contributed by atoms with van der Waals surface area (Å²) in [5.41, 5.74) is 2.22. The lowest BCUT2D eigenvalue weighted by Gasteiger charge is -2.21. The second-order valence-electron chi connectivity index (χ2n) is 5.24. The molecule has 0 radical (unpaired) electrons. The number of aliphatic hydroxyl groups excluding tert-OH is 1. The summed E-state index contributed by atoms with van der Waals surface area (Å²) in [4.78, 5) is 14.0. The zero-order valence-electron chi connectivity index (χ0n) is 11.1. The predicted molar refractivity (Wildman–Crippen MR) is 75.7 cm³/mol. The van der Waals surface area contributed by atoms with Crippen molar-refractivity contribution in [3.05, 3.63) is 39.6 Å². The Labute approximate surface area is 116 Å². The molecule has 1 aromatic carbocycles. The fourth-order valence-corrected chi connectivity index (χ4v) is 2.90. The molecule has 0 aliphatic carbocycles. The number of hydrogen-bond donors (Lipinski definition) is 3. The highest BCUT2D eigenvalue weighted by molar-refractivity contribution is 5.89. The number of rotatable bonds is 3. The Morgan fingerprint density at radius 1 is 1.30 bits per heavy atom. The second-order valence-corrected chi connectivity index (χ2v) is 5.24. The van der Waals surface area contributed by atoms with Gasteiger partial charge in [0.1, 0.15) is 5.52 Å². The number of aromatic nitrogens is 1. The third kappa shape index (κ3) is 2.28. The Kier molecular flexibility index (Phi) is 3.42. The molecule has 2 heterocycles. The molecule has 1 fully saturated rings. The standard InChI is InChI=1S/C14H17N3O3/c18-8-9-5-11-7-12(10-1-3-15-4-2-10)16-14(11)13(6-9)17(19)20/h5-7,10,15-16,18H,1-4,8H2. The molecule has 0 spiro atoms. The molecule has 1 aliphatic rings. The summed E-state index contributed by atoms with van der Waals surface area (Å²) in [6.45, 7) is 1.76. The van der Waals surface area contributed by atoms with E-state index in [9.17, 15) is 15.2 Å². The minimum atomic E-state index is -0.399. The first-order valence-electron chi connectivity index (χ1n) is 6.80. The molecule has 1 saturated heterocycles. The topological polar surface area (TPSA) is 91.2 Å². The van der Waals surface area contributed by atoms with Crippen molar-refractivity contribution in [2.75, 3.05) is 13.1 Å². The van der Waals surface area contributed by atoms with E-state index >= 15 is 0 Å². The minimum absolute atomic E-state index is 0.0340. The van der Waals surface area contributed by atoms with Crippen LogP contribution in [-0.2, 0) is 6.61 Å². The average Bonchev–Trinajstić information content (AvgIpc) is 2.90. The van der Waals surface area contributed by atoms with Gasteiger partial charge in [-0.2, -0.15) is 0 Å². The third-order valence-electron chi connectivity index (χ3n) is 3.95. The van der Waals surface area contributed by atoms with Crippen LogP contribution in [-0.4, -0.2) is 28.1 Å². The number of hydrogen-bond acceptors (Lipinski definition) is 4. The number of fused-ring (bicyclic) bond motifs is 1. The van der Waals surface area contributed by atoms with Gasteiger partial charge in [0.25, 0.3) is 5.69 Å². The van der Waals surface area contributed by atoms with E-state index in [1.807, 2.05) is 12.1 Å². The Hall–Kier alpha value is -1.92. The van der Waals surface area contributed by atoms with Gasteiger partial charge in [-0.15, -0.1) is 0 Å². The summed E-state index contributed by atoms with van der Waals surface area (Å²) in [6.07, 6.45) is 2.07. The lowest BCUT2D eigenvalue weighted by Crippen LogP contribution is -2.26. The zero-order chi connectivity index (χ0) is 14.1. The highest BCUT2D eigenvalue weighted by Crippen LogP contribution is 2.32. The van der Waals surface area contributed by atoms with Gasteiger partial charge in [0.05, 0.1) is 11.5 Å². The first-order chi connectivity index (χ1) is 9.69. The van der Waals surface area contributed by atoms with Gasteiger partial charge < -0.3 is 15.4 Å². The molecule has 1 aromatic heterocycles. The lowest BCUT2D eigenvalue weighted by molar-refractivity contribution is -0.383. The minimum Gasteiger partial charge on any atom is -0.392 e. The summed E-state index contributed by atoms with van der Waals surface area (Å²) in [7, 11) is 0. The smallest absolute Gasteiger partial charge is 0.293 e. The van der Waals surface area contributed by atoms with E-state index in [1.165, 1.54) is 6.07 Å². The summed E-state index contributed by atoms with van der Waals surface area (Å²) in [5, 5.41) is 24.5. The third-order valence-corrected chi connectivity index (χ3v) is 3.95. The Morgan fingerprint density at radius 3 is 2.70 bits per heavy atom. The quantitative estimate of drug-likeness (QED) is 0.590.